The van der Waals surface area contributed by atoms with Crippen molar-refractivity contribution in [2.24, 2.45) is 5.10 Å². The average Bonchev–Trinajstić information content (AvgIpc) is 2.63. The van der Waals surface area contributed by atoms with Gasteiger partial charge in [0.05, 0.1) is 11.7 Å². The van der Waals surface area contributed by atoms with Crippen molar-refractivity contribution in [1.82, 2.24) is 5.43 Å². The number of nitrogens with one attached hydrogen (secondary N) is 2. The summed E-state index contributed by atoms with van der Waals surface area (Å²) in [6.07, 6.45) is 0.694. The molecule has 0 unspecified atom stereocenters. The monoisotopic (exact) mass is 370 g/mol. The standard InChI is InChI=1S/C19H21N3O3S/c1-3-17(14-6-10-16(11-7-14)25-12-18(23)24)21-22-19(26)20-15-8-4-13(2)5-9-15/h4-11H,3,12H2,1-2H3,(H,23,24)(H2,20,22,26)/p-1/b21-17-. The van der Waals surface area contributed by atoms with Crippen LogP contribution in [0.5, 0.6) is 5.75 Å². The maximum Gasteiger partial charge on any atom is 0.191 e. The molecule has 0 saturated carbocycles. The summed E-state index contributed by atoms with van der Waals surface area (Å²) in [6.45, 7) is 3.53. The number of hydrogen-bond acceptors (Lipinski definition) is 5. The molecule has 0 aliphatic rings. The maximum atomic E-state index is 10.4. The van der Waals surface area contributed by atoms with E-state index in [4.69, 9.17) is 17.0 Å². The molecule has 2 rings (SSSR count). The fraction of sp³-hybridized carbons (Fsp3) is 0.211. The molecule has 0 bridgehead atoms. The van der Waals surface area contributed by atoms with Crippen molar-refractivity contribution in [3.63, 3.8) is 0 Å². The number of thiocarbonyl (C=S) groups is 1. The van der Waals surface area contributed by atoms with Gasteiger partial charge >= 0.3 is 0 Å². The molecule has 7 heteroatoms. The summed E-state index contributed by atoms with van der Waals surface area (Å²) < 4.78 is 5.06. The van der Waals surface area contributed by atoms with Gasteiger partial charge in [0.15, 0.2) is 5.11 Å². The van der Waals surface area contributed by atoms with Crippen LogP contribution in [0.4, 0.5) is 5.69 Å². The van der Waals surface area contributed by atoms with Crippen LogP contribution in [0.3, 0.4) is 0 Å². The third-order valence-electron chi connectivity index (χ3n) is 3.48. The smallest absolute Gasteiger partial charge is 0.191 e. The Kier molecular flexibility index (Phi) is 7.11. The van der Waals surface area contributed by atoms with E-state index in [0.29, 0.717) is 17.3 Å². The Morgan fingerprint density at radius 3 is 2.38 bits per heavy atom. The molecule has 0 fully saturated rings. The third-order valence-corrected chi connectivity index (χ3v) is 3.67. The third kappa shape index (κ3) is 6.18. The fourth-order valence-corrected chi connectivity index (χ4v) is 2.31. The minimum absolute atomic E-state index is 0.397. The summed E-state index contributed by atoms with van der Waals surface area (Å²) in [5.74, 6) is -0.804. The molecular formula is C19H20N3O3S-. The first kappa shape index (κ1) is 19.4. The number of carboxylic acid groups (broad SMARTS) is 1. The quantitative estimate of drug-likeness (QED) is 0.442. The number of hydrazone groups is 1. The molecule has 2 aromatic carbocycles. The van der Waals surface area contributed by atoms with Gasteiger partial charge in [0, 0.05) is 5.69 Å². The van der Waals surface area contributed by atoms with Gasteiger partial charge in [-0.15, -0.1) is 0 Å². The number of carbonyl (C=O) groups excluding carboxylic acids is 1. The van der Waals surface area contributed by atoms with Crippen LogP contribution in [0.25, 0.3) is 0 Å². The van der Waals surface area contributed by atoms with Crippen LogP contribution < -0.4 is 20.6 Å². The molecule has 2 aromatic rings. The number of carboxylic acids is 1. The molecule has 2 N–H and O–H groups in total. The maximum absolute atomic E-state index is 10.4. The second-order valence-electron chi connectivity index (χ2n) is 5.53. The van der Waals surface area contributed by atoms with E-state index in [1.54, 1.807) is 12.1 Å². The van der Waals surface area contributed by atoms with Crippen molar-refractivity contribution >= 4 is 34.7 Å². The highest BCUT2D eigenvalue weighted by molar-refractivity contribution is 7.80. The Hall–Kier alpha value is -2.93. The Labute approximate surface area is 157 Å². The van der Waals surface area contributed by atoms with Crippen molar-refractivity contribution in [3.8, 4) is 5.75 Å². The van der Waals surface area contributed by atoms with Crippen LogP contribution in [0, 0.1) is 6.92 Å². The minimum Gasteiger partial charge on any atom is -0.546 e. The first-order valence-electron chi connectivity index (χ1n) is 8.11. The average molecular weight is 370 g/mol. The normalized spacial score (nSPS) is 10.9. The van der Waals surface area contributed by atoms with Gasteiger partial charge in [-0.3, -0.25) is 5.43 Å². The summed E-state index contributed by atoms with van der Waals surface area (Å²) in [7, 11) is 0. The largest absolute Gasteiger partial charge is 0.546 e. The molecule has 136 valence electrons. The summed E-state index contributed by atoms with van der Waals surface area (Å²) >= 11 is 5.25. The van der Waals surface area contributed by atoms with Crippen molar-refractivity contribution < 1.29 is 14.6 Å². The molecule has 0 spiro atoms. The lowest BCUT2D eigenvalue weighted by Crippen LogP contribution is -2.28. The molecule has 0 radical (unpaired) electrons. The number of nitrogens with zero attached hydrogens (tertiary/aromatic N) is 1. The zero-order valence-electron chi connectivity index (χ0n) is 14.6. The summed E-state index contributed by atoms with van der Waals surface area (Å²) in [6, 6.07) is 14.9. The lowest BCUT2D eigenvalue weighted by atomic mass is 10.1. The van der Waals surface area contributed by atoms with Gasteiger partial charge in [-0.1, -0.05) is 24.6 Å². The number of carbonyl (C=O) groups is 1. The molecule has 0 aliphatic heterocycles. The van der Waals surface area contributed by atoms with E-state index in [9.17, 15) is 9.90 Å². The molecule has 0 amide bonds. The lowest BCUT2D eigenvalue weighted by molar-refractivity contribution is -0.307. The topological polar surface area (TPSA) is 85.8 Å². The minimum atomic E-state index is -1.26. The van der Waals surface area contributed by atoms with Gasteiger partial charge in [-0.25, -0.2) is 0 Å². The highest BCUT2D eigenvalue weighted by atomic mass is 32.1. The lowest BCUT2D eigenvalue weighted by Gasteiger charge is -2.10. The Morgan fingerprint density at radius 1 is 1.15 bits per heavy atom. The van der Waals surface area contributed by atoms with Crippen LogP contribution in [0.1, 0.15) is 24.5 Å². The van der Waals surface area contributed by atoms with E-state index >= 15 is 0 Å². The van der Waals surface area contributed by atoms with E-state index in [1.165, 1.54) is 5.56 Å². The predicted molar refractivity (Wildman–Crippen MR) is 104 cm³/mol. The molecule has 0 heterocycles. The van der Waals surface area contributed by atoms with E-state index in [-0.39, 0.29) is 0 Å². The summed E-state index contributed by atoms with van der Waals surface area (Å²) in [4.78, 5) is 10.4. The van der Waals surface area contributed by atoms with E-state index in [0.717, 1.165) is 17.0 Å². The number of hydrogen-bond donors (Lipinski definition) is 2. The van der Waals surface area contributed by atoms with E-state index < -0.39 is 12.6 Å². The molecule has 26 heavy (non-hydrogen) atoms. The van der Waals surface area contributed by atoms with Crippen LogP contribution in [-0.4, -0.2) is 23.4 Å². The first-order valence-corrected chi connectivity index (χ1v) is 8.52. The summed E-state index contributed by atoms with van der Waals surface area (Å²) in [5.41, 5.74) is 6.60. The first-order chi connectivity index (χ1) is 12.5. The van der Waals surface area contributed by atoms with E-state index in [2.05, 4.69) is 15.8 Å². The predicted octanol–water partition coefficient (Wildman–Crippen LogP) is 2.22. The number of rotatable bonds is 7. The number of aryl methyl sites for hydroxylation is 1. The molecule has 0 atom stereocenters. The van der Waals surface area contributed by atoms with Crippen molar-refractivity contribution in [1.29, 1.82) is 0 Å². The Bertz CT molecular complexity index is 787. The molecule has 6 nitrogen and oxygen atoms in total. The van der Waals surface area contributed by atoms with Gasteiger partial charge in [0.1, 0.15) is 12.4 Å². The number of anilines is 1. The molecule has 0 aromatic heterocycles. The van der Waals surface area contributed by atoms with Crippen molar-refractivity contribution in [2.45, 2.75) is 20.3 Å². The highest BCUT2D eigenvalue weighted by Gasteiger charge is 2.04. The van der Waals surface area contributed by atoms with Crippen LogP contribution in [-0.2, 0) is 4.79 Å². The fourth-order valence-electron chi connectivity index (χ4n) is 2.15. The van der Waals surface area contributed by atoms with Crippen LogP contribution in [0.2, 0.25) is 0 Å². The van der Waals surface area contributed by atoms with Gasteiger partial charge in [-0.05, 0) is 67.5 Å². The number of ether oxygens (including phenoxy) is 1. The Balaban J connectivity index is 1.97. The zero-order chi connectivity index (χ0) is 18.9. The number of benzene rings is 2. The van der Waals surface area contributed by atoms with Crippen molar-refractivity contribution in [2.75, 3.05) is 11.9 Å². The molecule has 0 aliphatic carbocycles. The molecule has 0 saturated heterocycles. The SMILES string of the molecule is CC/C(=N/NC(=S)Nc1ccc(C)cc1)c1ccc(OCC(=O)[O-])cc1. The van der Waals surface area contributed by atoms with Gasteiger partial charge < -0.3 is 20.0 Å². The summed E-state index contributed by atoms with van der Waals surface area (Å²) in [5, 5.41) is 18.2. The molecular weight excluding hydrogens is 350 g/mol. The van der Waals surface area contributed by atoms with Crippen LogP contribution >= 0.6 is 12.2 Å². The Morgan fingerprint density at radius 2 is 1.81 bits per heavy atom. The van der Waals surface area contributed by atoms with Crippen molar-refractivity contribution in [3.05, 3.63) is 59.7 Å². The van der Waals surface area contributed by atoms with Crippen LogP contribution in [0.15, 0.2) is 53.6 Å². The van der Waals surface area contributed by atoms with Gasteiger partial charge in [0.2, 0.25) is 0 Å². The second kappa shape index (κ2) is 9.53. The van der Waals surface area contributed by atoms with Gasteiger partial charge in [-0.2, -0.15) is 5.10 Å². The second-order valence-corrected chi connectivity index (χ2v) is 5.94. The zero-order valence-corrected chi connectivity index (χ0v) is 15.4. The highest BCUT2D eigenvalue weighted by Crippen LogP contribution is 2.14. The van der Waals surface area contributed by atoms with Gasteiger partial charge in [0.25, 0.3) is 0 Å². The van der Waals surface area contributed by atoms with E-state index in [1.807, 2.05) is 50.2 Å². The number of aliphatic carboxylic acids is 1.